The van der Waals surface area contributed by atoms with Crippen molar-refractivity contribution in [1.29, 1.82) is 0 Å². The molecule has 1 aliphatic heterocycles. The van der Waals surface area contributed by atoms with Crippen LogP contribution in [0.3, 0.4) is 0 Å². The third-order valence-electron chi connectivity index (χ3n) is 7.31. The summed E-state index contributed by atoms with van der Waals surface area (Å²) >= 11 is 0. The Balaban J connectivity index is 1.93. The normalized spacial score (nSPS) is 18.6. The molecule has 1 fully saturated rings. The molecule has 1 amide bonds. The number of hydrogen-bond acceptors (Lipinski definition) is 4. The fourth-order valence-corrected chi connectivity index (χ4v) is 10.3. The molecule has 3 aromatic rings. The van der Waals surface area contributed by atoms with Crippen LogP contribution < -0.4 is 10.4 Å². The molecule has 0 radical (unpaired) electrons. The number of carbonyl (C=O) groups is 1. The van der Waals surface area contributed by atoms with Gasteiger partial charge in [-0.2, -0.15) is 0 Å². The van der Waals surface area contributed by atoms with E-state index in [4.69, 9.17) is 13.9 Å². The van der Waals surface area contributed by atoms with E-state index in [0.29, 0.717) is 6.61 Å². The van der Waals surface area contributed by atoms with Crippen LogP contribution in [0.4, 0.5) is 4.79 Å². The highest BCUT2D eigenvalue weighted by Crippen LogP contribution is 2.44. The maximum atomic E-state index is 13.7. The number of hydrogen-bond donors (Lipinski definition) is 0. The summed E-state index contributed by atoms with van der Waals surface area (Å²) in [5.74, 6) is 0. The molecule has 1 aliphatic rings. The maximum Gasteiger partial charge on any atom is 0.413 e. The molecule has 0 bridgehead atoms. The van der Waals surface area contributed by atoms with Crippen molar-refractivity contribution in [3.8, 4) is 0 Å². The lowest BCUT2D eigenvalue weighted by atomic mass is 10.0. The van der Waals surface area contributed by atoms with E-state index in [-0.39, 0.29) is 11.1 Å². The summed E-state index contributed by atoms with van der Waals surface area (Å²) in [5, 5.41) is 2.15. The minimum atomic E-state index is -2.95. The Bertz CT molecular complexity index is 1190. The topological polar surface area (TPSA) is 48.0 Å². The molecule has 0 N–H and O–H groups in total. The lowest BCUT2D eigenvalue weighted by Gasteiger charge is -2.47. The number of benzene rings is 3. The van der Waals surface area contributed by atoms with Crippen molar-refractivity contribution in [1.82, 2.24) is 4.90 Å². The second-order valence-electron chi connectivity index (χ2n) is 12.8. The second kappa shape index (κ2) is 10.9. The summed E-state index contributed by atoms with van der Waals surface area (Å²) in [6, 6.07) is 31.0. The SMILES string of the molecule is CC(C)(C)OC(=O)N1[C@H]([C@@H](O[Si](c2ccccc2)(c2ccccc2)C(C)(C)C)c2ccccc2)COC1(C)C. The highest BCUT2D eigenvalue weighted by molar-refractivity contribution is 6.99. The standard InChI is InChI=1S/C33H43NO4Si/c1-31(2,3)37-30(35)34-28(24-36-33(34,7)8)29(25-18-12-9-13-19-25)38-39(32(4,5)6,26-20-14-10-15-21-26)27-22-16-11-17-23-27/h9-23,28-29H,24H2,1-8H3/t28-,29-/m0/s1. The largest absolute Gasteiger partial charge is 0.444 e. The molecule has 1 saturated heterocycles. The average molecular weight is 546 g/mol. The zero-order valence-corrected chi connectivity index (χ0v) is 25.6. The first-order valence-corrected chi connectivity index (χ1v) is 15.7. The van der Waals surface area contributed by atoms with Gasteiger partial charge in [-0.15, -0.1) is 0 Å². The minimum absolute atomic E-state index is 0.228. The quantitative estimate of drug-likeness (QED) is 0.324. The lowest BCUT2D eigenvalue weighted by Crippen LogP contribution is -2.68. The van der Waals surface area contributed by atoms with Crippen LogP contribution in [0.1, 0.15) is 67.1 Å². The van der Waals surface area contributed by atoms with E-state index in [1.807, 2.05) is 65.0 Å². The van der Waals surface area contributed by atoms with Gasteiger partial charge in [0, 0.05) is 0 Å². The van der Waals surface area contributed by atoms with Crippen molar-refractivity contribution in [3.63, 3.8) is 0 Å². The number of amides is 1. The zero-order valence-electron chi connectivity index (χ0n) is 24.6. The monoisotopic (exact) mass is 545 g/mol. The molecule has 39 heavy (non-hydrogen) atoms. The fourth-order valence-electron chi connectivity index (χ4n) is 5.62. The van der Waals surface area contributed by atoms with E-state index in [0.717, 1.165) is 5.56 Å². The van der Waals surface area contributed by atoms with Crippen LogP contribution in [-0.4, -0.2) is 43.3 Å². The van der Waals surface area contributed by atoms with Gasteiger partial charge in [0.2, 0.25) is 0 Å². The van der Waals surface area contributed by atoms with E-state index < -0.39 is 31.8 Å². The highest BCUT2D eigenvalue weighted by atomic mass is 28.4. The van der Waals surface area contributed by atoms with E-state index >= 15 is 0 Å². The van der Waals surface area contributed by atoms with Gasteiger partial charge in [0.15, 0.2) is 0 Å². The number of rotatable bonds is 6. The summed E-state index contributed by atoms with van der Waals surface area (Å²) < 4.78 is 19.8. The van der Waals surface area contributed by atoms with Crippen LogP contribution in [0.2, 0.25) is 5.04 Å². The number of ether oxygens (including phenoxy) is 2. The predicted molar refractivity (Wildman–Crippen MR) is 160 cm³/mol. The third kappa shape index (κ3) is 5.98. The van der Waals surface area contributed by atoms with Gasteiger partial charge in [-0.05, 0) is 55.6 Å². The molecule has 0 unspecified atom stereocenters. The van der Waals surface area contributed by atoms with Crippen LogP contribution in [0, 0.1) is 0 Å². The van der Waals surface area contributed by atoms with Crippen LogP contribution in [0.15, 0.2) is 91.0 Å². The maximum absolute atomic E-state index is 13.7. The van der Waals surface area contributed by atoms with Gasteiger partial charge in [-0.3, -0.25) is 4.90 Å². The molecule has 0 spiro atoms. The summed E-state index contributed by atoms with van der Waals surface area (Å²) in [5.41, 5.74) is -0.485. The van der Waals surface area contributed by atoms with Crippen molar-refractivity contribution in [3.05, 3.63) is 96.6 Å². The van der Waals surface area contributed by atoms with Crippen molar-refractivity contribution in [2.45, 2.75) is 83.9 Å². The van der Waals surface area contributed by atoms with Crippen LogP contribution >= 0.6 is 0 Å². The molecule has 0 saturated carbocycles. The van der Waals surface area contributed by atoms with Crippen LogP contribution in [-0.2, 0) is 13.9 Å². The Kier molecular flexibility index (Phi) is 8.13. The zero-order chi connectivity index (χ0) is 28.5. The molecular weight excluding hydrogens is 502 g/mol. The fraction of sp³-hybridized carbons (Fsp3) is 0.424. The average Bonchev–Trinajstić information content (AvgIpc) is 3.19. The van der Waals surface area contributed by atoms with Gasteiger partial charge < -0.3 is 13.9 Å². The molecule has 6 heteroatoms. The van der Waals surface area contributed by atoms with E-state index in [2.05, 4.69) is 81.4 Å². The van der Waals surface area contributed by atoms with Gasteiger partial charge >= 0.3 is 6.09 Å². The summed E-state index contributed by atoms with van der Waals surface area (Å²) in [6.45, 7) is 16.6. The van der Waals surface area contributed by atoms with Crippen LogP contribution in [0.25, 0.3) is 0 Å². The van der Waals surface area contributed by atoms with Crippen molar-refractivity contribution < 1.29 is 18.7 Å². The second-order valence-corrected chi connectivity index (χ2v) is 17.0. The molecule has 2 atom stereocenters. The van der Waals surface area contributed by atoms with Gasteiger partial charge in [0.25, 0.3) is 8.32 Å². The molecule has 4 rings (SSSR count). The molecule has 5 nitrogen and oxygen atoms in total. The Morgan fingerprint density at radius 2 is 1.31 bits per heavy atom. The van der Waals surface area contributed by atoms with Crippen molar-refractivity contribution in [2.75, 3.05) is 6.61 Å². The first-order chi connectivity index (χ1) is 18.3. The minimum Gasteiger partial charge on any atom is -0.444 e. The smallest absolute Gasteiger partial charge is 0.413 e. The Labute approximate surface area is 235 Å². The molecule has 208 valence electrons. The number of carbonyl (C=O) groups excluding carboxylic acids is 1. The Morgan fingerprint density at radius 1 is 0.846 bits per heavy atom. The summed E-state index contributed by atoms with van der Waals surface area (Å²) in [7, 11) is -2.95. The molecule has 3 aromatic carbocycles. The van der Waals surface area contributed by atoms with Gasteiger partial charge in [-0.25, -0.2) is 4.79 Å². The third-order valence-corrected chi connectivity index (χ3v) is 12.3. The van der Waals surface area contributed by atoms with E-state index in [9.17, 15) is 4.79 Å². The Morgan fingerprint density at radius 3 is 1.74 bits per heavy atom. The highest BCUT2D eigenvalue weighted by Gasteiger charge is 2.56. The molecular formula is C33H43NO4Si. The predicted octanol–water partition coefficient (Wildman–Crippen LogP) is 6.68. The van der Waals surface area contributed by atoms with Gasteiger partial charge in [0.1, 0.15) is 11.3 Å². The molecule has 0 aromatic heterocycles. The summed E-state index contributed by atoms with van der Waals surface area (Å²) in [4.78, 5) is 15.4. The lowest BCUT2D eigenvalue weighted by molar-refractivity contribution is -0.0672. The van der Waals surface area contributed by atoms with E-state index in [1.54, 1.807) is 4.90 Å². The van der Waals surface area contributed by atoms with Crippen molar-refractivity contribution >= 4 is 24.8 Å². The summed E-state index contributed by atoms with van der Waals surface area (Å²) in [6.07, 6.45) is -0.853. The van der Waals surface area contributed by atoms with E-state index in [1.165, 1.54) is 10.4 Å². The molecule has 1 heterocycles. The van der Waals surface area contributed by atoms with Crippen LogP contribution in [0.5, 0.6) is 0 Å². The van der Waals surface area contributed by atoms with Crippen molar-refractivity contribution in [2.24, 2.45) is 0 Å². The van der Waals surface area contributed by atoms with Gasteiger partial charge in [-0.1, -0.05) is 112 Å². The first kappa shape index (κ1) is 29.1. The van der Waals surface area contributed by atoms with Gasteiger partial charge in [0.05, 0.1) is 18.8 Å². The molecule has 0 aliphatic carbocycles. The first-order valence-electron chi connectivity index (χ1n) is 13.8. The number of nitrogens with zero attached hydrogens (tertiary/aromatic N) is 1. The Hall–Kier alpha value is -2.93.